The number of pyridine rings is 1. The third kappa shape index (κ3) is 7.25. The summed E-state index contributed by atoms with van der Waals surface area (Å²) in [5.74, 6) is -10.4. The Morgan fingerprint density at radius 3 is 1.86 bits per heavy atom. The van der Waals surface area contributed by atoms with Crippen LogP contribution in [-0.2, 0) is 82.6 Å². The van der Waals surface area contributed by atoms with Gasteiger partial charge in [0.05, 0.1) is 17.2 Å². The second-order valence-corrected chi connectivity index (χ2v) is 15.6. The smallest absolute Gasteiger partial charge is 0.340 e. The molecule has 2 saturated carbocycles. The zero-order valence-electron chi connectivity index (χ0n) is 33.4. The normalized spacial score (nSPS) is 37.9. The van der Waals surface area contributed by atoms with E-state index in [-0.39, 0.29) is 17.7 Å². The van der Waals surface area contributed by atoms with Gasteiger partial charge in [-0.1, -0.05) is 0 Å². The summed E-state index contributed by atoms with van der Waals surface area (Å²) in [4.78, 5) is 111. The first-order valence-electron chi connectivity index (χ1n) is 18.3. The predicted molar refractivity (Wildman–Crippen MR) is 187 cm³/mol. The Morgan fingerprint density at radius 2 is 1.31 bits per heavy atom. The van der Waals surface area contributed by atoms with E-state index >= 15 is 0 Å². The number of ether oxygens (including phenoxy) is 9. The Labute approximate surface area is 332 Å². The van der Waals surface area contributed by atoms with E-state index in [0.717, 1.165) is 55.4 Å². The van der Waals surface area contributed by atoms with Gasteiger partial charge in [0, 0.05) is 47.7 Å². The van der Waals surface area contributed by atoms with Crippen LogP contribution >= 0.6 is 0 Å². The quantitative estimate of drug-likeness (QED) is 0.270. The maximum Gasteiger partial charge on any atom is 0.340 e. The molecular weight excluding hydrogens is 774 g/mol. The highest BCUT2D eigenvalue weighted by molar-refractivity contribution is 5.90. The molecule has 1 saturated heterocycles. The summed E-state index contributed by atoms with van der Waals surface area (Å²) in [5.41, 5.74) is -12.9. The zero-order chi connectivity index (χ0) is 43.3. The van der Waals surface area contributed by atoms with Crippen molar-refractivity contribution in [3.8, 4) is 0 Å². The molecule has 20 nitrogen and oxygen atoms in total. The van der Waals surface area contributed by atoms with Gasteiger partial charge in [-0.15, -0.1) is 0 Å². The van der Waals surface area contributed by atoms with Crippen LogP contribution in [0, 0.1) is 11.3 Å². The summed E-state index contributed by atoms with van der Waals surface area (Å²) in [6.07, 6.45) is -11.7. The van der Waals surface area contributed by atoms with Gasteiger partial charge in [0.1, 0.15) is 42.0 Å². The lowest BCUT2D eigenvalue weighted by atomic mass is 9.45. The first kappa shape index (κ1) is 43.9. The SMILES string of the molecule is CC(=O)OCC12C(OC(C)=O)C(OC(C)=O)[C@@H]3[C@H](OC(C)=O)[C@@]14OC3(C)COC(=O)c1cccnc1CCC(C)(O)C(=O)O[C@@H](C(OC(C)=O)C2OC(C)=O)[C@]4(C)O. The van der Waals surface area contributed by atoms with Crippen molar-refractivity contribution in [1.29, 1.82) is 0 Å². The average Bonchev–Trinajstić information content (AvgIpc) is 3.32. The molecule has 58 heavy (non-hydrogen) atoms. The monoisotopic (exact) mass is 821 g/mol. The topological polar surface area (TPSA) is 273 Å². The number of esters is 8. The average molecular weight is 822 g/mol. The molecule has 0 aromatic carbocycles. The highest BCUT2D eigenvalue weighted by atomic mass is 16.7. The first-order chi connectivity index (χ1) is 26.9. The molecule has 2 aliphatic heterocycles. The van der Waals surface area contributed by atoms with Crippen molar-refractivity contribution in [1.82, 2.24) is 4.98 Å². The number of carbonyl (C=O) groups is 8. The van der Waals surface area contributed by atoms with Crippen LogP contribution in [0.15, 0.2) is 18.3 Å². The summed E-state index contributed by atoms with van der Waals surface area (Å²) in [5, 5.41) is 25.0. The number of fused-ring (bicyclic) bond motifs is 5. The standard InChI is InChI=1S/C38H47NO19/c1-17(40)50-16-37-30(55-21(5)44)26(52-18(2)41)25-28(54-20(4)43)38(37)36(9,49)29(27(53-19(3)42)31(37)56-22(6)45)57-33(47)34(7,48)13-12-24-23(11-10-14-39-24)32(46)51-15-35(25,8)58-38/h10-11,14,25-31,48-49H,12-13,15-16H2,1-9H3/t25-,26?,27?,28+,29+,30?,31?,34?,35?,36+,37?,38+/m1/s1. The molecule has 2 aliphatic carbocycles. The number of nitrogens with zero attached hydrogens (tertiary/aromatic N) is 1. The number of aliphatic hydroxyl groups is 2. The summed E-state index contributed by atoms with van der Waals surface area (Å²) in [6.45, 7) is 7.30. The summed E-state index contributed by atoms with van der Waals surface area (Å²) >= 11 is 0. The molecule has 3 fully saturated rings. The molecule has 2 N–H and O–H groups in total. The van der Waals surface area contributed by atoms with Crippen molar-refractivity contribution in [3.05, 3.63) is 29.6 Å². The van der Waals surface area contributed by atoms with E-state index in [1.54, 1.807) is 0 Å². The lowest BCUT2D eigenvalue weighted by Crippen LogP contribution is -2.89. The highest BCUT2D eigenvalue weighted by Gasteiger charge is 2.92. The Hall–Kier alpha value is -5.21. The summed E-state index contributed by atoms with van der Waals surface area (Å²) in [7, 11) is 0. The molecule has 0 amide bonds. The van der Waals surface area contributed by atoms with E-state index in [9.17, 15) is 48.6 Å². The Balaban J connectivity index is 2.01. The van der Waals surface area contributed by atoms with Crippen molar-refractivity contribution in [2.45, 2.75) is 134 Å². The largest absolute Gasteiger partial charge is 0.465 e. The minimum absolute atomic E-state index is 0.0880. The third-order valence-corrected chi connectivity index (χ3v) is 11.2. The Morgan fingerprint density at radius 1 is 0.776 bits per heavy atom. The van der Waals surface area contributed by atoms with Crippen LogP contribution in [0.2, 0.25) is 0 Å². The third-order valence-electron chi connectivity index (χ3n) is 11.2. The molecule has 3 heterocycles. The van der Waals surface area contributed by atoms with E-state index in [1.807, 2.05) is 0 Å². The van der Waals surface area contributed by atoms with Crippen molar-refractivity contribution >= 4 is 47.8 Å². The lowest BCUT2D eigenvalue weighted by molar-refractivity contribution is -0.387. The second-order valence-electron chi connectivity index (χ2n) is 15.6. The molecule has 20 heteroatoms. The van der Waals surface area contributed by atoms with Crippen LogP contribution in [0.25, 0.3) is 0 Å². The number of hydrogen-bond acceptors (Lipinski definition) is 20. The predicted octanol–water partition coefficient (Wildman–Crippen LogP) is -0.0225. The van der Waals surface area contributed by atoms with Crippen molar-refractivity contribution in [3.63, 3.8) is 0 Å². The van der Waals surface area contributed by atoms with Crippen molar-refractivity contribution in [2.75, 3.05) is 13.2 Å². The molecule has 1 aromatic heterocycles. The van der Waals surface area contributed by atoms with Gasteiger partial charge < -0.3 is 52.8 Å². The van der Waals surface area contributed by atoms with Gasteiger partial charge in [-0.05, 0) is 45.7 Å². The number of carbonyl (C=O) groups excluding carboxylic acids is 8. The van der Waals surface area contributed by atoms with E-state index in [0.29, 0.717) is 0 Å². The number of aryl methyl sites for hydroxylation is 1. The molecule has 1 aromatic rings. The van der Waals surface area contributed by atoms with Crippen LogP contribution in [0.5, 0.6) is 0 Å². The number of rotatable bonds is 7. The van der Waals surface area contributed by atoms with Gasteiger partial charge in [-0.3, -0.25) is 33.8 Å². The maximum absolute atomic E-state index is 14.2. The number of cyclic esters (lactones) is 1. The van der Waals surface area contributed by atoms with Crippen LogP contribution in [0.4, 0.5) is 0 Å². The van der Waals surface area contributed by atoms with Gasteiger partial charge in [-0.2, -0.15) is 0 Å². The number of aromatic nitrogens is 1. The molecule has 4 aliphatic rings. The fourth-order valence-electron chi connectivity index (χ4n) is 9.15. The van der Waals surface area contributed by atoms with Crippen molar-refractivity contribution < 1.29 is 91.2 Å². The van der Waals surface area contributed by atoms with E-state index < -0.39 is 138 Å². The Bertz CT molecular complexity index is 1890. The van der Waals surface area contributed by atoms with Gasteiger partial charge in [0.25, 0.3) is 0 Å². The van der Waals surface area contributed by atoms with Crippen LogP contribution in [-0.4, -0.2) is 135 Å². The second kappa shape index (κ2) is 15.5. The molecule has 7 unspecified atom stereocenters. The molecule has 5 rings (SSSR count). The fraction of sp³-hybridized carbons (Fsp3) is 0.658. The lowest BCUT2D eigenvalue weighted by Gasteiger charge is -2.67. The highest BCUT2D eigenvalue weighted by Crippen LogP contribution is 2.70. The fourth-order valence-corrected chi connectivity index (χ4v) is 9.15. The van der Waals surface area contributed by atoms with Gasteiger partial charge >= 0.3 is 47.8 Å². The number of hydrogen-bond donors (Lipinski definition) is 2. The minimum Gasteiger partial charge on any atom is -0.465 e. The Kier molecular flexibility index (Phi) is 11.7. The molecule has 0 radical (unpaired) electrons. The minimum atomic E-state index is -2.93. The van der Waals surface area contributed by atoms with Crippen LogP contribution in [0.1, 0.15) is 84.8 Å². The molecule has 318 valence electrons. The molecule has 4 bridgehead atoms. The molecule has 12 atom stereocenters. The van der Waals surface area contributed by atoms with Crippen molar-refractivity contribution in [2.24, 2.45) is 11.3 Å². The first-order valence-corrected chi connectivity index (χ1v) is 18.3. The van der Waals surface area contributed by atoms with E-state index in [4.69, 9.17) is 42.6 Å². The molecule has 1 spiro atoms. The van der Waals surface area contributed by atoms with Crippen LogP contribution in [0.3, 0.4) is 0 Å². The summed E-state index contributed by atoms with van der Waals surface area (Å²) < 4.78 is 53.8. The van der Waals surface area contributed by atoms with Gasteiger partial charge in [0.15, 0.2) is 35.6 Å². The van der Waals surface area contributed by atoms with Gasteiger partial charge in [0.2, 0.25) is 0 Å². The van der Waals surface area contributed by atoms with E-state index in [2.05, 4.69) is 4.98 Å². The maximum atomic E-state index is 14.2. The van der Waals surface area contributed by atoms with E-state index in [1.165, 1.54) is 25.3 Å². The molecular formula is C38H47NO19. The van der Waals surface area contributed by atoms with Gasteiger partial charge in [-0.25, -0.2) is 9.59 Å². The summed E-state index contributed by atoms with van der Waals surface area (Å²) in [6, 6.07) is 2.81. The van der Waals surface area contributed by atoms with Crippen LogP contribution < -0.4 is 0 Å². The zero-order valence-corrected chi connectivity index (χ0v) is 33.4.